The first-order valence-corrected chi connectivity index (χ1v) is 8.33. The number of nitrogens with two attached hydrogens (primary N) is 1. The summed E-state index contributed by atoms with van der Waals surface area (Å²) in [5, 5.41) is 7.98. The van der Waals surface area contributed by atoms with Gasteiger partial charge in [-0.25, -0.2) is 8.78 Å². The third-order valence-corrected chi connectivity index (χ3v) is 5.47. The normalized spacial score (nSPS) is 12.6. The van der Waals surface area contributed by atoms with E-state index < -0.39 is 11.6 Å². The van der Waals surface area contributed by atoms with Crippen molar-refractivity contribution in [2.45, 2.75) is 14.7 Å². The summed E-state index contributed by atoms with van der Waals surface area (Å²) in [5.74, 6) is -1.20. The van der Waals surface area contributed by atoms with Gasteiger partial charge in [-0.15, -0.1) is 10.2 Å². The molecule has 0 aliphatic rings. The maximum atomic E-state index is 13.1. The van der Waals surface area contributed by atoms with E-state index in [1.807, 2.05) is 6.26 Å². The molecule has 19 heavy (non-hydrogen) atoms. The molecule has 0 amide bonds. The van der Waals surface area contributed by atoms with E-state index in [0.29, 0.717) is 11.3 Å². The van der Waals surface area contributed by atoms with Crippen LogP contribution in [0.3, 0.4) is 0 Å². The topological polar surface area (TPSA) is 51.8 Å². The molecule has 1 aromatic heterocycles. The molecule has 0 bridgehead atoms. The van der Waals surface area contributed by atoms with Crippen LogP contribution in [0, 0.1) is 11.6 Å². The molecule has 3 nitrogen and oxygen atoms in total. The lowest BCUT2D eigenvalue weighted by atomic mass is 10.1. The van der Waals surface area contributed by atoms with E-state index in [2.05, 4.69) is 10.2 Å². The minimum absolute atomic E-state index is 0.373. The Balaban J connectivity index is 1.96. The molecule has 2 rings (SSSR count). The van der Waals surface area contributed by atoms with Gasteiger partial charge in [0.15, 0.2) is 20.3 Å². The van der Waals surface area contributed by atoms with Crippen LogP contribution in [-0.4, -0.2) is 22.2 Å². The molecule has 1 unspecified atom stereocenters. The molecule has 0 spiro atoms. The third-order valence-electron chi connectivity index (χ3n) is 2.32. The monoisotopic (exact) mass is 319 g/mol. The number of benzene rings is 1. The minimum Gasteiger partial charge on any atom is -0.323 e. The van der Waals surface area contributed by atoms with Gasteiger partial charge in [0, 0.05) is 11.8 Å². The van der Waals surface area contributed by atoms with Crippen molar-refractivity contribution < 1.29 is 8.78 Å². The SMILES string of the molecule is CSc1nnc(SCC(N)c2ccc(F)c(F)c2)s1. The lowest BCUT2D eigenvalue weighted by molar-refractivity contribution is 0.506. The highest BCUT2D eigenvalue weighted by molar-refractivity contribution is 8.02. The molecule has 0 aliphatic heterocycles. The average Bonchev–Trinajstić information content (AvgIpc) is 2.87. The van der Waals surface area contributed by atoms with Crippen LogP contribution in [0.5, 0.6) is 0 Å². The second-order valence-corrected chi connectivity index (χ2v) is 6.93. The van der Waals surface area contributed by atoms with Crippen LogP contribution < -0.4 is 5.73 Å². The Hall–Kier alpha value is -0.700. The highest BCUT2D eigenvalue weighted by Crippen LogP contribution is 2.29. The second-order valence-electron chi connectivity index (χ2n) is 3.63. The van der Waals surface area contributed by atoms with E-state index in [1.165, 1.54) is 40.9 Å². The summed E-state index contributed by atoms with van der Waals surface area (Å²) in [5.41, 5.74) is 6.51. The maximum Gasteiger partial charge on any atom is 0.175 e. The fourth-order valence-corrected chi connectivity index (χ4v) is 3.79. The van der Waals surface area contributed by atoms with Gasteiger partial charge >= 0.3 is 0 Å². The molecule has 0 saturated carbocycles. The van der Waals surface area contributed by atoms with Gasteiger partial charge in [0.1, 0.15) is 0 Å². The molecule has 0 radical (unpaired) electrons. The summed E-state index contributed by atoms with van der Waals surface area (Å²) >= 11 is 4.48. The molecule has 1 heterocycles. The first kappa shape index (κ1) is 14.7. The molecule has 1 aromatic carbocycles. The number of rotatable bonds is 5. The fraction of sp³-hybridized carbons (Fsp3) is 0.273. The van der Waals surface area contributed by atoms with Crippen molar-refractivity contribution in [1.29, 1.82) is 0 Å². The van der Waals surface area contributed by atoms with Crippen molar-refractivity contribution in [3.63, 3.8) is 0 Å². The van der Waals surface area contributed by atoms with E-state index in [4.69, 9.17) is 5.73 Å². The first-order valence-electron chi connectivity index (χ1n) is 5.31. The Bertz CT molecular complexity index is 562. The van der Waals surface area contributed by atoms with Crippen LogP contribution in [0.4, 0.5) is 8.78 Å². The molecule has 2 N–H and O–H groups in total. The highest BCUT2D eigenvalue weighted by Gasteiger charge is 2.12. The number of nitrogens with zero attached hydrogens (tertiary/aromatic N) is 2. The average molecular weight is 319 g/mol. The lowest BCUT2D eigenvalue weighted by Gasteiger charge is -2.10. The summed E-state index contributed by atoms with van der Waals surface area (Å²) in [4.78, 5) is 0. The highest BCUT2D eigenvalue weighted by atomic mass is 32.2. The largest absolute Gasteiger partial charge is 0.323 e. The van der Waals surface area contributed by atoms with Gasteiger partial charge in [-0.3, -0.25) is 0 Å². The molecule has 8 heteroatoms. The molecule has 0 saturated heterocycles. The molecular weight excluding hydrogens is 308 g/mol. The van der Waals surface area contributed by atoms with Crippen LogP contribution in [-0.2, 0) is 0 Å². The van der Waals surface area contributed by atoms with Crippen LogP contribution in [0.15, 0.2) is 26.9 Å². The van der Waals surface area contributed by atoms with Crippen molar-refractivity contribution in [2.75, 3.05) is 12.0 Å². The summed E-state index contributed by atoms with van der Waals surface area (Å²) < 4.78 is 27.6. The quantitative estimate of drug-likeness (QED) is 0.857. The van der Waals surface area contributed by atoms with Crippen molar-refractivity contribution >= 4 is 34.9 Å². The predicted molar refractivity (Wildman–Crippen MR) is 75.7 cm³/mol. The fourth-order valence-electron chi connectivity index (χ4n) is 1.34. The number of aromatic nitrogens is 2. The number of hydrogen-bond donors (Lipinski definition) is 1. The van der Waals surface area contributed by atoms with Crippen molar-refractivity contribution in [1.82, 2.24) is 10.2 Å². The third kappa shape index (κ3) is 3.88. The summed E-state index contributed by atoms with van der Waals surface area (Å²) in [6, 6.07) is 3.35. The van der Waals surface area contributed by atoms with Gasteiger partial charge in [-0.2, -0.15) is 0 Å². The van der Waals surface area contributed by atoms with Gasteiger partial charge in [-0.05, 0) is 24.0 Å². The Kier molecular flexibility index (Phi) is 5.14. The number of thioether (sulfide) groups is 2. The van der Waals surface area contributed by atoms with Gasteiger partial charge in [0.2, 0.25) is 0 Å². The summed E-state index contributed by atoms with van der Waals surface area (Å²) in [6.45, 7) is 0. The zero-order valence-corrected chi connectivity index (χ0v) is 12.4. The smallest absolute Gasteiger partial charge is 0.175 e. The van der Waals surface area contributed by atoms with Crippen LogP contribution in [0.1, 0.15) is 11.6 Å². The van der Waals surface area contributed by atoms with Gasteiger partial charge < -0.3 is 5.73 Å². The number of hydrogen-bond acceptors (Lipinski definition) is 6. The van der Waals surface area contributed by atoms with Crippen LogP contribution >= 0.6 is 34.9 Å². The first-order chi connectivity index (χ1) is 9.10. The van der Waals surface area contributed by atoms with Gasteiger partial charge in [0.05, 0.1) is 0 Å². The predicted octanol–water partition coefficient (Wildman–Crippen LogP) is 3.33. The Morgan fingerprint density at radius 2 is 2.00 bits per heavy atom. The Labute approximate surface area is 122 Å². The number of halogens is 2. The Morgan fingerprint density at radius 3 is 2.63 bits per heavy atom. The van der Waals surface area contributed by atoms with Crippen LogP contribution in [0.25, 0.3) is 0 Å². The molecule has 0 aliphatic carbocycles. The minimum atomic E-state index is -0.876. The zero-order chi connectivity index (χ0) is 13.8. The van der Waals surface area contributed by atoms with E-state index in [1.54, 1.807) is 0 Å². The second kappa shape index (κ2) is 6.65. The Morgan fingerprint density at radius 1 is 1.26 bits per heavy atom. The zero-order valence-electron chi connectivity index (χ0n) is 9.97. The summed E-state index contributed by atoms with van der Waals surface area (Å²) in [7, 11) is 0. The maximum absolute atomic E-state index is 13.1. The van der Waals surface area contributed by atoms with Crippen LogP contribution in [0.2, 0.25) is 0 Å². The molecule has 1 atom stereocenters. The van der Waals surface area contributed by atoms with E-state index in [9.17, 15) is 8.78 Å². The molecule has 102 valence electrons. The lowest BCUT2D eigenvalue weighted by Crippen LogP contribution is -2.13. The molecular formula is C11H11F2N3S3. The van der Waals surface area contributed by atoms with Crippen molar-refractivity contribution in [3.05, 3.63) is 35.4 Å². The van der Waals surface area contributed by atoms with E-state index >= 15 is 0 Å². The van der Waals surface area contributed by atoms with Gasteiger partial charge in [-0.1, -0.05) is 40.9 Å². The van der Waals surface area contributed by atoms with E-state index in [-0.39, 0.29) is 6.04 Å². The van der Waals surface area contributed by atoms with Crippen molar-refractivity contribution in [3.8, 4) is 0 Å². The molecule has 2 aromatic rings. The van der Waals surface area contributed by atoms with E-state index in [0.717, 1.165) is 20.8 Å². The standard InChI is InChI=1S/C11H11F2N3S3/c1-17-10-15-16-11(19-10)18-5-9(14)6-2-3-7(12)8(13)4-6/h2-4,9H,5,14H2,1H3. The summed E-state index contributed by atoms with van der Waals surface area (Å²) in [6.07, 6.45) is 1.93. The molecule has 0 fully saturated rings. The van der Waals surface area contributed by atoms with Crippen molar-refractivity contribution in [2.24, 2.45) is 5.73 Å². The van der Waals surface area contributed by atoms with Gasteiger partial charge in [0.25, 0.3) is 0 Å².